The van der Waals surface area contributed by atoms with Crippen molar-refractivity contribution >= 4 is 17.6 Å². The maximum atomic E-state index is 11.3. The Morgan fingerprint density at radius 2 is 2.32 bits per heavy atom. The van der Waals surface area contributed by atoms with Gasteiger partial charge in [0, 0.05) is 19.5 Å². The molecule has 1 aliphatic rings. The van der Waals surface area contributed by atoms with Gasteiger partial charge in [0.1, 0.15) is 11.5 Å². The van der Waals surface area contributed by atoms with Gasteiger partial charge in [0.25, 0.3) is 0 Å². The summed E-state index contributed by atoms with van der Waals surface area (Å²) in [6.45, 7) is 1.98. The van der Waals surface area contributed by atoms with E-state index in [4.69, 9.17) is 16.0 Å². The van der Waals surface area contributed by atoms with Crippen molar-refractivity contribution in [3.8, 4) is 0 Å². The van der Waals surface area contributed by atoms with E-state index >= 15 is 0 Å². The lowest BCUT2D eigenvalue weighted by molar-refractivity contribution is -0.152. The molecule has 2 unspecified atom stereocenters. The molecule has 0 fully saturated rings. The highest BCUT2D eigenvalue weighted by molar-refractivity contribution is 6.42. The minimum absolute atomic E-state index is 0.0557. The number of rotatable bonds is 5. The molecule has 2 heterocycles. The largest absolute Gasteiger partial charge is 0.469 e. The third-order valence-electron chi connectivity index (χ3n) is 3.29. The van der Waals surface area contributed by atoms with E-state index in [1.54, 1.807) is 18.2 Å². The van der Waals surface area contributed by atoms with Crippen LogP contribution in [-0.4, -0.2) is 35.4 Å². The number of cyclic esters (lactones) is 1. The van der Waals surface area contributed by atoms with E-state index in [1.807, 2.05) is 19.1 Å². The average Bonchev–Trinajstić information content (AvgIpc) is 2.96. The highest BCUT2D eigenvalue weighted by atomic mass is 35.5. The molecule has 19 heavy (non-hydrogen) atoms. The van der Waals surface area contributed by atoms with Gasteiger partial charge >= 0.3 is 5.97 Å². The lowest BCUT2D eigenvalue weighted by atomic mass is 10.1. The first kappa shape index (κ1) is 14.0. The zero-order chi connectivity index (χ0) is 14.0. The second-order valence-corrected chi connectivity index (χ2v) is 4.91. The first-order valence-corrected chi connectivity index (χ1v) is 6.42. The summed E-state index contributed by atoms with van der Waals surface area (Å²) in [5, 5.41) is 9.60. The highest BCUT2D eigenvalue weighted by Gasteiger charge is 2.35. The van der Waals surface area contributed by atoms with Crippen LogP contribution < -0.4 is 0 Å². The first-order valence-electron chi connectivity index (χ1n) is 6.04. The van der Waals surface area contributed by atoms with Crippen LogP contribution in [0.1, 0.15) is 19.1 Å². The van der Waals surface area contributed by atoms with Gasteiger partial charge in [-0.25, -0.2) is 4.79 Å². The number of halogens is 1. The molecule has 104 valence electrons. The van der Waals surface area contributed by atoms with Crippen LogP contribution in [0.2, 0.25) is 0 Å². The van der Waals surface area contributed by atoms with Gasteiger partial charge in [0.15, 0.2) is 5.03 Å². The van der Waals surface area contributed by atoms with Crippen molar-refractivity contribution in [3.63, 3.8) is 0 Å². The molecule has 1 aliphatic heterocycles. The molecular weight excluding hydrogens is 270 g/mol. The van der Waals surface area contributed by atoms with E-state index in [0.717, 1.165) is 18.6 Å². The molecule has 1 aromatic rings. The van der Waals surface area contributed by atoms with Gasteiger partial charge in [0.05, 0.1) is 6.26 Å². The van der Waals surface area contributed by atoms with Gasteiger partial charge in [0.2, 0.25) is 6.29 Å². The van der Waals surface area contributed by atoms with E-state index < -0.39 is 12.3 Å². The van der Waals surface area contributed by atoms with Gasteiger partial charge in [-0.2, -0.15) is 0 Å². The third-order valence-corrected chi connectivity index (χ3v) is 3.63. The Bertz CT molecular complexity index is 483. The summed E-state index contributed by atoms with van der Waals surface area (Å²) in [5.74, 6) is 0.217. The van der Waals surface area contributed by atoms with Crippen LogP contribution in [0.5, 0.6) is 0 Å². The quantitative estimate of drug-likeness (QED) is 0.837. The number of ether oxygens (including phenoxy) is 1. The molecule has 1 aromatic heterocycles. The molecule has 5 nitrogen and oxygen atoms in total. The van der Waals surface area contributed by atoms with Gasteiger partial charge in [-0.1, -0.05) is 11.6 Å². The van der Waals surface area contributed by atoms with Gasteiger partial charge < -0.3 is 19.2 Å². The fourth-order valence-corrected chi connectivity index (χ4v) is 2.26. The van der Waals surface area contributed by atoms with Crippen molar-refractivity contribution in [2.24, 2.45) is 0 Å². The molecule has 0 saturated heterocycles. The Balaban J connectivity index is 1.99. The molecular formula is C13H16ClNO4. The van der Waals surface area contributed by atoms with Gasteiger partial charge in [-0.05, 0) is 25.5 Å². The number of hydrogen-bond donors (Lipinski definition) is 1. The van der Waals surface area contributed by atoms with Crippen molar-refractivity contribution in [3.05, 3.63) is 34.9 Å². The van der Waals surface area contributed by atoms with Crippen LogP contribution in [0.4, 0.5) is 0 Å². The van der Waals surface area contributed by atoms with Crippen LogP contribution in [-0.2, 0) is 16.0 Å². The zero-order valence-electron chi connectivity index (χ0n) is 10.8. The SMILES string of the molecule is CC(CCc1ccco1)N(C)C1=C(Cl)C(=O)OC1O. The van der Waals surface area contributed by atoms with Crippen molar-refractivity contribution in [2.75, 3.05) is 7.05 Å². The maximum Gasteiger partial charge on any atom is 0.354 e. The van der Waals surface area contributed by atoms with Crippen molar-refractivity contribution in [2.45, 2.75) is 32.1 Å². The molecule has 6 heteroatoms. The summed E-state index contributed by atoms with van der Waals surface area (Å²) in [6, 6.07) is 3.84. The number of aliphatic hydroxyl groups excluding tert-OH is 1. The number of furan rings is 1. The van der Waals surface area contributed by atoms with Crippen molar-refractivity contribution in [1.29, 1.82) is 0 Å². The molecule has 0 aliphatic carbocycles. The number of esters is 1. The van der Waals surface area contributed by atoms with E-state index in [-0.39, 0.29) is 11.1 Å². The molecule has 0 radical (unpaired) electrons. The van der Waals surface area contributed by atoms with Gasteiger partial charge in [-0.3, -0.25) is 0 Å². The van der Waals surface area contributed by atoms with Crippen molar-refractivity contribution < 1.29 is 19.1 Å². The summed E-state index contributed by atoms with van der Waals surface area (Å²) in [4.78, 5) is 13.0. The summed E-state index contributed by atoms with van der Waals surface area (Å²) in [6.07, 6.45) is 1.93. The number of hydrogen-bond acceptors (Lipinski definition) is 5. The molecule has 0 amide bonds. The van der Waals surface area contributed by atoms with Crippen LogP contribution in [0.3, 0.4) is 0 Å². The standard InChI is InChI=1S/C13H16ClNO4/c1-8(5-6-9-4-3-7-18-9)15(2)11-10(14)12(16)19-13(11)17/h3-4,7-8,13,17H,5-6H2,1-2H3. The Morgan fingerprint density at radius 3 is 2.84 bits per heavy atom. The Morgan fingerprint density at radius 1 is 1.58 bits per heavy atom. The van der Waals surface area contributed by atoms with E-state index in [9.17, 15) is 9.90 Å². The maximum absolute atomic E-state index is 11.3. The minimum atomic E-state index is -1.28. The number of aryl methyl sites for hydroxylation is 1. The highest BCUT2D eigenvalue weighted by Crippen LogP contribution is 2.28. The lowest BCUT2D eigenvalue weighted by Gasteiger charge is -2.28. The molecule has 2 atom stereocenters. The molecule has 1 N–H and O–H groups in total. The Kier molecular flexibility index (Phi) is 4.17. The predicted molar refractivity (Wildman–Crippen MR) is 69.2 cm³/mol. The van der Waals surface area contributed by atoms with Crippen molar-refractivity contribution in [1.82, 2.24) is 4.90 Å². The minimum Gasteiger partial charge on any atom is -0.469 e. The third kappa shape index (κ3) is 2.93. The van der Waals surface area contributed by atoms with Crippen LogP contribution in [0, 0.1) is 0 Å². The smallest absolute Gasteiger partial charge is 0.354 e. The van der Waals surface area contributed by atoms with E-state index in [2.05, 4.69) is 4.74 Å². The lowest BCUT2D eigenvalue weighted by Crippen LogP contribution is -2.33. The molecule has 2 rings (SSSR count). The number of likely N-dealkylation sites (N-methyl/N-ethyl adjacent to an activating group) is 1. The number of aliphatic hydroxyl groups is 1. The van der Waals surface area contributed by atoms with Crippen LogP contribution >= 0.6 is 11.6 Å². The predicted octanol–water partition coefficient (Wildman–Crippen LogP) is 1.86. The molecule has 0 saturated carbocycles. The monoisotopic (exact) mass is 285 g/mol. The van der Waals surface area contributed by atoms with E-state index in [1.165, 1.54) is 0 Å². The number of nitrogens with zero attached hydrogens (tertiary/aromatic N) is 1. The number of carbonyl (C=O) groups excluding carboxylic acids is 1. The Labute approximate surface area is 116 Å². The Hall–Kier alpha value is -1.46. The number of carbonyl (C=O) groups is 1. The normalized spacial score (nSPS) is 20.6. The fourth-order valence-electron chi connectivity index (χ4n) is 1.99. The average molecular weight is 286 g/mol. The first-order chi connectivity index (χ1) is 9.00. The summed E-state index contributed by atoms with van der Waals surface area (Å²) < 4.78 is 9.92. The van der Waals surface area contributed by atoms with Gasteiger partial charge in [-0.15, -0.1) is 0 Å². The van der Waals surface area contributed by atoms with Crippen LogP contribution in [0.15, 0.2) is 33.5 Å². The second kappa shape index (κ2) is 5.67. The topological polar surface area (TPSA) is 62.9 Å². The fraction of sp³-hybridized carbons (Fsp3) is 0.462. The zero-order valence-corrected chi connectivity index (χ0v) is 11.6. The molecule has 0 aromatic carbocycles. The van der Waals surface area contributed by atoms with E-state index in [0.29, 0.717) is 5.70 Å². The summed E-state index contributed by atoms with van der Waals surface area (Å²) >= 11 is 5.85. The second-order valence-electron chi connectivity index (χ2n) is 4.53. The van der Waals surface area contributed by atoms with Crippen LogP contribution in [0.25, 0.3) is 0 Å². The summed E-state index contributed by atoms with van der Waals surface area (Å²) in [7, 11) is 1.77. The molecule has 0 spiro atoms. The summed E-state index contributed by atoms with van der Waals surface area (Å²) in [5.41, 5.74) is 0.318. The molecule has 0 bridgehead atoms.